The van der Waals surface area contributed by atoms with Crippen LogP contribution in [-0.2, 0) is 14.3 Å². The number of carbonyl (C=O) groups excluding carboxylic acids is 1. The lowest BCUT2D eigenvalue weighted by atomic mass is 9.56. The van der Waals surface area contributed by atoms with Crippen LogP contribution >= 0.6 is 0 Å². The van der Waals surface area contributed by atoms with Crippen molar-refractivity contribution in [2.24, 2.45) is 28.6 Å². The maximum Gasteiger partial charge on any atom is 0.315 e. The summed E-state index contributed by atoms with van der Waals surface area (Å²) in [7, 11) is 0. The Morgan fingerprint density at radius 1 is 1.17 bits per heavy atom. The Hall–Kier alpha value is -0.830. The monoisotopic (exact) mass is 318 g/mol. The minimum atomic E-state index is -0.311. The second-order valence-electron chi connectivity index (χ2n) is 9.37. The standard InChI is InChI=1S/C20H30O3/c1-12-15-14(20(4)9-5-8-19(2,3)11-20)7-6-13-10-22-18(16(13)15)23-17(12)21/h12-13,16,18H,5-11H2,1-4H3/t12-,13?,16?,18?,20+/m1/s1. The summed E-state index contributed by atoms with van der Waals surface area (Å²) >= 11 is 0. The number of rotatable bonds is 1. The molecule has 3 nitrogen and oxygen atoms in total. The first-order valence-electron chi connectivity index (χ1n) is 9.36. The van der Waals surface area contributed by atoms with Crippen molar-refractivity contribution in [3.63, 3.8) is 0 Å². The molecule has 0 spiro atoms. The van der Waals surface area contributed by atoms with Crippen LogP contribution < -0.4 is 0 Å². The predicted octanol–water partition coefficient (Wildman–Crippen LogP) is 4.46. The maximum atomic E-state index is 12.4. The molecule has 128 valence electrons. The van der Waals surface area contributed by atoms with Gasteiger partial charge in [-0.25, -0.2) is 0 Å². The molecule has 4 rings (SSSR count). The smallest absolute Gasteiger partial charge is 0.315 e. The molecule has 0 aromatic rings. The second-order valence-corrected chi connectivity index (χ2v) is 9.37. The molecule has 3 heteroatoms. The number of ether oxygens (including phenoxy) is 2. The van der Waals surface area contributed by atoms with Crippen LogP contribution in [0.3, 0.4) is 0 Å². The Kier molecular flexibility index (Phi) is 3.46. The van der Waals surface area contributed by atoms with Gasteiger partial charge in [0.25, 0.3) is 0 Å². The molecule has 2 heterocycles. The molecule has 0 N–H and O–H groups in total. The molecule has 0 amide bonds. The van der Waals surface area contributed by atoms with E-state index in [-0.39, 0.29) is 23.6 Å². The van der Waals surface area contributed by atoms with Crippen molar-refractivity contribution in [3.05, 3.63) is 11.1 Å². The van der Waals surface area contributed by atoms with E-state index in [0.717, 1.165) is 13.0 Å². The summed E-state index contributed by atoms with van der Waals surface area (Å²) in [5.74, 6) is 0.709. The van der Waals surface area contributed by atoms with E-state index < -0.39 is 0 Å². The van der Waals surface area contributed by atoms with E-state index in [4.69, 9.17) is 9.47 Å². The van der Waals surface area contributed by atoms with Crippen LogP contribution in [0, 0.1) is 28.6 Å². The van der Waals surface area contributed by atoms with E-state index in [1.807, 2.05) is 6.92 Å². The third kappa shape index (κ3) is 2.38. The highest BCUT2D eigenvalue weighted by Crippen LogP contribution is 2.57. The van der Waals surface area contributed by atoms with Crippen molar-refractivity contribution < 1.29 is 14.3 Å². The summed E-state index contributed by atoms with van der Waals surface area (Å²) in [5.41, 5.74) is 3.65. The molecule has 5 atom stereocenters. The van der Waals surface area contributed by atoms with Crippen LogP contribution in [-0.4, -0.2) is 18.9 Å². The third-order valence-corrected chi connectivity index (χ3v) is 6.98. The lowest BCUT2D eigenvalue weighted by Crippen LogP contribution is -2.44. The molecular weight excluding hydrogens is 288 g/mol. The Balaban J connectivity index is 1.79. The van der Waals surface area contributed by atoms with Gasteiger partial charge in [-0.05, 0) is 61.3 Å². The van der Waals surface area contributed by atoms with Crippen LogP contribution in [0.2, 0.25) is 0 Å². The van der Waals surface area contributed by atoms with Gasteiger partial charge in [0.2, 0.25) is 6.29 Å². The van der Waals surface area contributed by atoms with Gasteiger partial charge < -0.3 is 9.47 Å². The summed E-state index contributed by atoms with van der Waals surface area (Å²) in [6, 6.07) is 0. The highest BCUT2D eigenvalue weighted by atomic mass is 16.7. The fourth-order valence-electron chi connectivity index (χ4n) is 6.09. The number of carbonyl (C=O) groups is 1. The summed E-state index contributed by atoms with van der Waals surface area (Å²) in [6.07, 6.45) is 7.16. The molecule has 2 aliphatic carbocycles. The highest BCUT2D eigenvalue weighted by molar-refractivity contribution is 5.77. The predicted molar refractivity (Wildman–Crippen MR) is 88.6 cm³/mol. The lowest BCUT2D eigenvalue weighted by molar-refractivity contribution is -0.185. The number of hydrogen-bond donors (Lipinski definition) is 0. The number of allylic oxidation sites excluding steroid dienone is 1. The van der Waals surface area contributed by atoms with E-state index in [1.54, 1.807) is 5.57 Å². The number of hydrogen-bond acceptors (Lipinski definition) is 3. The zero-order valence-corrected chi connectivity index (χ0v) is 15.0. The van der Waals surface area contributed by atoms with Gasteiger partial charge in [-0.1, -0.05) is 32.8 Å². The molecule has 4 aliphatic rings. The van der Waals surface area contributed by atoms with Gasteiger partial charge in [0.1, 0.15) is 0 Å². The van der Waals surface area contributed by atoms with Crippen LogP contribution in [0.15, 0.2) is 11.1 Å². The quantitative estimate of drug-likeness (QED) is 0.529. The van der Waals surface area contributed by atoms with Crippen LogP contribution in [0.1, 0.15) is 66.2 Å². The van der Waals surface area contributed by atoms with Gasteiger partial charge in [0.05, 0.1) is 12.5 Å². The summed E-state index contributed by atoms with van der Waals surface area (Å²) in [6.45, 7) is 10.1. The fourth-order valence-corrected chi connectivity index (χ4v) is 6.09. The van der Waals surface area contributed by atoms with Crippen molar-refractivity contribution in [1.29, 1.82) is 0 Å². The van der Waals surface area contributed by atoms with E-state index in [1.165, 1.54) is 37.7 Å². The normalized spacial score (nSPS) is 45.7. The zero-order chi connectivity index (χ0) is 16.4. The van der Waals surface area contributed by atoms with Gasteiger partial charge in [0.15, 0.2) is 0 Å². The molecule has 0 radical (unpaired) electrons. The molecule has 1 saturated carbocycles. The van der Waals surface area contributed by atoms with E-state index >= 15 is 0 Å². The molecule has 0 aromatic carbocycles. The average molecular weight is 318 g/mol. The average Bonchev–Trinajstić information content (AvgIpc) is 2.86. The van der Waals surface area contributed by atoms with E-state index in [0.29, 0.717) is 17.3 Å². The topological polar surface area (TPSA) is 35.5 Å². The Morgan fingerprint density at radius 2 is 1.96 bits per heavy atom. The summed E-state index contributed by atoms with van der Waals surface area (Å²) in [4.78, 5) is 12.4. The Labute approximate surface area is 139 Å². The van der Waals surface area contributed by atoms with Crippen molar-refractivity contribution in [2.45, 2.75) is 72.5 Å². The van der Waals surface area contributed by atoms with Gasteiger partial charge in [-0.2, -0.15) is 0 Å². The lowest BCUT2D eigenvalue weighted by Gasteiger charge is -2.49. The summed E-state index contributed by atoms with van der Waals surface area (Å²) in [5, 5.41) is 0. The van der Waals surface area contributed by atoms with Crippen molar-refractivity contribution in [1.82, 2.24) is 0 Å². The van der Waals surface area contributed by atoms with Crippen LogP contribution in [0.4, 0.5) is 0 Å². The fraction of sp³-hybridized carbons (Fsp3) is 0.850. The molecule has 2 saturated heterocycles. The largest absolute Gasteiger partial charge is 0.435 e. The van der Waals surface area contributed by atoms with Crippen LogP contribution in [0.25, 0.3) is 0 Å². The number of esters is 1. The zero-order valence-electron chi connectivity index (χ0n) is 15.0. The van der Waals surface area contributed by atoms with Crippen molar-refractivity contribution >= 4 is 5.97 Å². The minimum absolute atomic E-state index is 0.0834. The summed E-state index contributed by atoms with van der Waals surface area (Å²) < 4.78 is 11.4. The van der Waals surface area contributed by atoms with Crippen molar-refractivity contribution in [2.75, 3.05) is 6.61 Å². The van der Waals surface area contributed by atoms with Gasteiger partial charge >= 0.3 is 5.97 Å². The molecule has 3 fully saturated rings. The third-order valence-electron chi connectivity index (χ3n) is 6.98. The SMILES string of the molecule is C[C@H]1C(=O)OC2OCC3CCC([C@@]4(C)CCCC(C)(C)C4)=C1C32. The second kappa shape index (κ2) is 5.08. The molecule has 23 heavy (non-hydrogen) atoms. The first-order chi connectivity index (χ1) is 10.8. The molecular formula is C20H30O3. The van der Waals surface area contributed by atoms with Gasteiger partial charge in [-0.3, -0.25) is 4.79 Å². The minimum Gasteiger partial charge on any atom is -0.435 e. The Morgan fingerprint density at radius 3 is 2.70 bits per heavy atom. The maximum absolute atomic E-state index is 12.4. The van der Waals surface area contributed by atoms with E-state index in [9.17, 15) is 4.79 Å². The van der Waals surface area contributed by atoms with Crippen molar-refractivity contribution in [3.8, 4) is 0 Å². The van der Waals surface area contributed by atoms with Gasteiger partial charge in [0, 0.05) is 5.92 Å². The highest BCUT2D eigenvalue weighted by Gasteiger charge is 2.53. The van der Waals surface area contributed by atoms with Crippen LogP contribution in [0.5, 0.6) is 0 Å². The van der Waals surface area contributed by atoms with Gasteiger partial charge in [-0.15, -0.1) is 0 Å². The first-order valence-corrected chi connectivity index (χ1v) is 9.36. The molecule has 3 unspecified atom stereocenters. The Bertz CT molecular complexity index is 561. The van der Waals surface area contributed by atoms with E-state index in [2.05, 4.69) is 20.8 Å². The molecule has 0 aromatic heterocycles. The molecule has 0 bridgehead atoms. The first kappa shape index (κ1) is 15.7. The molecule has 2 aliphatic heterocycles.